The molecule has 1 aromatic heterocycles. The first kappa shape index (κ1) is 12.3. The third-order valence-corrected chi connectivity index (χ3v) is 3.17. The first-order chi connectivity index (χ1) is 9.65. The van der Waals surface area contributed by atoms with Gasteiger partial charge < -0.3 is 10.4 Å². The zero-order valence-corrected chi connectivity index (χ0v) is 10.3. The number of carboxylic acids is 1. The van der Waals surface area contributed by atoms with Crippen LogP contribution in [0.5, 0.6) is 0 Å². The van der Waals surface area contributed by atoms with Crippen molar-refractivity contribution in [2.75, 3.05) is 5.32 Å². The van der Waals surface area contributed by atoms with Crippen molar-refractivity contribution in [3.63, 3.8) is 0 Å². The average molecular weight is 273 g/mol. The van der Waals surface area contributed by atoms with Gasteiger partial charge in [0.05, 0.1) is 17.5 Å². The summed E-state index contributed by atoms with van der Waals surface area (Å²) in [6.07, 6.45) is 1.84. The molecule has 1 aliphatic rings. The smallest absolute Gasteiger partial charge is 0.307 e. The van der Waals surface area contributed by atoms with Gasteiger partial charge in [0.2, 0.25) is 5.91 Å². The number of rotatable bonds is 4. The van der Waals surface area contributed by atoms with Crippen molar-refractivity contribution in [2.24, 2.45) is 11.8 Å². The maximum atomic E-state index is 11.9. The highest BCUT2D eigenvalue weighted by molar-refractivity contribution is 5.98. The van der Waals surface area contributed by atoms with E-state index >= 15 is 0 Å². The van der Waals surface area contributed by atoms with Crippen molar-refractivity contribution < 1.29 is 14.7 Å². The number of tetrazole rings is 1. The van der Waals surface area contributed by atoms with E-state index in [0.29, 0.717) is 17.8 Å². The van der Waals surface area contributed by atoms with E-state index < -0.39 is 17.8 Å². The predicted molar refractivity (Wildman–Crippen MR) is 67.0 cm³/mol. The van der Waals surface area contributed by atoms with Crippen LogP contribution in [0.2, 0.25) is 0 Å². The highest BCUT2D eigenvalue weighted by Crippen LogP contribution is 2.39. The van der Waals surface area contributed by atoms with Gasteiger partial charge in [0.25, 0.3) is 0 Å². The Morgan fingerprint density at radius 3 is 2.85 bits per heavy atom. The van der Waals surface area contributed by atoms with E-state index in [9.17, 15) is 9.59 Å². The number of anilines is 1. The van der Waals surface area contributed by atoms with Gasteiger partial charge in [-0.2, -0.15) is 0 Å². The summed E-state index contributed by atoms with van der Waals surface area (Å²) >= 11 is 0. The molecule has 0 radical (unpaired) electrons. The van der Waals surface area contributed by atoms with Crippen molar-refractivity contribution in [1.29, 1.82) is 0 Å². The fourth-order valence-corrected chi connectivity index (χ4v) is 2.00. The summed E-state index contributed by atoms with van der Waals surface area (Å²) in [5, 5.41) is 22.3. The minimum absolute atomic E-state index is 0.272. The van der Waals surface area contributed by atoms with Crippen molar-refractivity contribution in [3.05, 3.63) is 30.6 Å². The third kappa shape index (κ3) is 2.35. The number of carbonyl (C=O) groups is 2. The van der Waals surface area contributed by atoms with E-state index in [0.717, 1.165) is 0 Å². The summed E-state index contributed by atoms with van der Waals surface area (Å²) in [4.78, 5) is 22.6. The van der Waals surface area contributed by atoms with E-state index in [4.69, 9.17) is 5.11 Å². The molecular formula is C12H11N5O3. The van der Waals surface area contributed by atoms with E-state index in [-0.39, 0.29) is 5.91 Å². The molecule has 0 unspecified atom stereocenters. The molecule has 2 atom stereocenters. The van der Waals surface area contributed by atoms with Crippen molar-refractivity contribution in [1.82, 2.24) is 20.2 Å². The Morgan fingerprint density at radius 2 is 2.20 bits per heavy atom. The molecule has 8 nitrogen and oxygen atoms in total. The largest absolute Gasteiger partial charge is 0.481 e. The number of aliphatic carboxylic acids is 1. The molecule has 1 amide bonds. The first-order valence-corrected chi connectivity index (χ1v) is 6.02. The molecular weight excluding hydrogens is 262 g/mol. The van der Waals surface area contributed by atoms with Gasteiger partial charge in [-0.3, -0.25) is 9.59 Å². The zero-order chi connectivity index (χ0) is 14.1. The van der Waals surface area contributed by atoms with Crippen LogP contribution < -0.4 is 5.32 Å². The van der Waals surface area contributed by atoms with Crippen molar-refractivity contribution >= 4 is 17.6 Å². The Morgan fingerprint density at radius 1 is 1.35 bits per heavy atom. The molecule has 1 saturated carbocycles. The number of nitrogens with zero attached hydrogens (tertiary/aromatic N) is 4. The Hall–Kier alpha value is -2.77. The third-order valence-electron chi connectivity index (χ3n) is 3.17. The van der Waals surface area contributed by atoms with Crippen molar-refractivity contribution in [3.8, 4) is 5.69 Å². The number of carboxylic acid groups (broad SMARTS) is 1. The molecule has 20 heavy (non-hydrogen) atoms. The lowest BCUT2D eigenvalue weighted by Crippen LogP contribution is -2.16. The lowest BCUT2D eigenvalue weighted by Gasteiger charge is -2.06. The van der Waals surface area contributed by atoms with E-state index in [1.165, 1.54) is 11.0 Å². The number of nitrogens with one attached hydrogen (secondary N) is 1. The van der Waals surface area contributed by atoms with Gasteiger partial charge in [-0.25, -0.2) is 4.68 Å². The van der Waals surface area contributed by atoms with Gasteiger partial charge >= 0.3 is 5.97 Å². The summed E-state index contributed by atoms with van der Waals surface area (Å²) in [6, 6.07) is 6.99. The van der Waals surface area contributed by atoms with Gasteiger partial charge in [0, 0.05) is 5.69 Å². The molecule has 0 spiro atoms. The topological polar surface area (TPSA) is 110 Å². The zero-order valence-electron chi connectivity index (χ0n) is 10.3. The molecule has 0 aliphatic heterocycles. The Labute approximate surface area is 113 Å². The summed E-state index contributed by atoms with van der Waals surface area (Å²) in [5.41, 5.74) is 1.29. The second-order valence-corrected chi connectivity index (χ2v) is 4.58. The number of hydrogen-bond acceptors (Lipinski definition) is 5. The quantitative estimate of drug-likeness (QED) is 0.830. The highest BCUT2D eigenvalue weighted by Gasteiger charge is 2.48. The van der Waals surface area contributed by atoms with E-state index in [1.807, 2.05) is 0 Å². The van der Waals surface area contributed by atoms with Gasteiger partial charge in [0.1, 0.15) is 6.33 Å². The number of benzene rings is 1. The molecule has 0 bridgehead atoms. The van der Waals surface area contributed by atoms with Gasteiger partial charge in [-0.15, -0.1) is 5.10 Å². The van der Waals surface area contributed by atoms with Crippen LogP contribution >= 0.6 is 0 Å². The molecule has 102 valence electrons. The monoisotopic (exact) mass is 273 g/mol. The second kappa shape index (κ2) is 4.72. The van der Waals surface area contributed by atoms with Crippen LogP contribution in [0.4, 0.5) is 5.69 Å². The molecule has 3 rings (SSSR count). The normalized spacial score (nSPS) is 20.4. The Kier molecular flexibility index (Phi) is 2.90. The molecule has 0 saturated heterocycles. The maximum absolute atomic E-state index is 11.9. The van der Waals surface area contributed by atoms with Crippen LogP contribution in [-0.4, -0.2) is 37.2 Å². The summed E-state index contributed by atoms with van der Waals surface area (Å²) in [6.45, 7) is 0. The molecule has 1 heterocycles. The fraction of sp³-hybridized carbons (Fsp3) is 0.250. The summed E-state index contributed by atoms with van der Waals surface area (Å²) in [5.74, 6) is -2.19. The predicted octanol–water partition coefficient (Wildman–Crippen LogP) is 0.321. The summed E-state index contributed by atoms with van der Waals surface area (Å²) < 4.78 is 1.47. The van der Waals surface area contributed by atoms with Crippen LogP contribution in [0.15, 0.2) is 30.6 Å². The van der Waals surface area contributed by atoms with E-state index in [1.54, 1.807) is 24.3 Å². The molecule has 8 heteroatoms. The number of amides is 1. The standard InChI is InChI=1S/C12H11N5O3/c18-11(9-5-10(9)12(19)20)14-7-2-1-3-8(4-7)17-6-13-15-16-17/h1-4,6,9-10H,5H2,(H,14,18)(H,19,20)/t9-,10+/m1/s1. The number of carbonyl (C=O) groups excluding carboxylic acids is 1. The van der Waals surface area contributed by atoms with Crippen LogP contribution in [0.3, 0.4) is 0 Å². The first-order valence-electron chi connectivity index (χ1n) is 6.02. The minimum atomic E-state index is -0.924. The summed E-state index contributed by atoms with van der Waals surface area (Å²) in [7, 11) is 0. The molecule has 1 fully saturated rings. The number of hydrogen-bond donors (Lipinski definition) is 2. The average Bonchev–Trinajstić information content (AvgIpc) is 3.06. The second-order valence-electron chi connectivity index (χ2n) is 4.58. The van der Waals surface area contributed by atoms with Gasteiger partial charge in [-0.05, 0) is 35.0 Å². The Bertz CT molecular complexity index is 655. The Balaban J connectivity index is 1.71. The van der Waals surface area contributed by atoms with Crippen LogP contribution in [0.1, 0.15) is 6.42 Å². The van der Waals surface area contributed by atoms with Gasteiger partial charge in [-0.1, -0.05) is 6.07 Å². The molecule has 1 aliphatic carbocycles. The molecule has 1 aromatic carbocycles. The lowest BCUT2D eigenvalue weighted by atomic mass is 10.2. The molecule has 2 aromatic rings. The highest BCUT2D eigenvalue weighted by atomic mass is 16.4. The van der Waals surface area contributed by atoms with Crippen LogP contribution in [-0.2, 0) is 9.59 Å². The molecule has 2 N–H and O–H groups in total. The minimum Gasteiger partial charge on any atom is -0.481 e. The number of aromatic nitrogens is 4. The fourth-order valence-electron chi connectivity index (χ4n) is 2.00. The maximum Gasteiger partial charge on any atom is 0.307 e. The SMILES string of the molecule is O=C(O)[C@H]1C[C@H]1C(=O)Nc1cccc(-n2cnnn2)c1. The van der Waals surface area contributed by atoms with Crippen LogP contribution in [0, 0.1) is 11.8 Å². The van der Waals surface area contributed by atoms with Crippen LogP contribution in [0.25, 0.3) is 5.69 Å². The lowest BCUT2D eigenvalue weighted by molar-refractivity contribution is -0.139. The van der Waals surface area contributed by atoms with Crippen molar-refractivity contribution in [2.45, 2.75) is 6.42 Å². The van der Waals surface area contributed by atoms with Gasteiger partial charge in [0.15, 0.2) is 0 Å². The van der Waals surface area contributed by atoms with E-state index in [2.05, 4.69) is 20.8 Å².